The molecule has 5 heteroatoms. The molecule has 0 aliphatic heterocycles. The number of amides is 1. The van der Waals surface area contributed by atoms with Gasteiger partial charge in [-0.2, -0.15) is 0 Å². The summed E-state index contributed by atoms with van der Waals surface area (Å²) < 4.78 is 5.01. The zero-order valence-electron chi connectivity index (χ0n) is 12.8. The van der Waals surface area contributed by atoms with Crippen molar-refractivity contribution >= 4 is 29.2 Å². The number of benzene rings is 2. The number of halogens is 1. The Morgan fingerprint density at radius 1 is 1.13 bits per heavy atom. The van der Waals surface area contributed by atoms with Crippen molar-refractivity contribution in [1.29, 1.82) is 0 Å². The number of carbonyl (C=O) groups excluding carboxylic acids is 2. The van der Waals surface area contributed by atoms with Gasteiger partial charge in [-0.05, 0) is 29.7 Å². The van der Waals surface area contributed by atoms with Crippen molar-refractivity contribution in [2.24, 2.45) is 0 Å². The lowest BCUT2D eigenvalue weighted by Gasteiger charge is -2.11. The summed E-state index contributed by atoms with van der Waals surface area (Å²) in [4.78, 5) is 23.6. The SMILES string of the molecule is C[C@@H](CC(=O)OCC(=O)Nc1cccc(Cl)c1)c1ccccc1. The van der Waals surface area contributed by atoms with Gasteiger partial charge in [-0.1, -0.05) is 54.9 Å². The molecule has 2 aromatic rings. The van der Waals surface area contributed by atoms with Gasteiger partial charge in [0.2, 0.25) is 0 Å². The molecule has 0 aliphatic carbocycles. The van der Waals surface area contributed by atoms with Crippen LogP contribution in [0.2, 0.25) is 5.02 Å². The van der Waals surface area contributed by atoms with Crippen molar-refractivity contribution in [2.75, 3.05) is 11.9 Å². The maximum absolute atomic E-state index is 11.8. The van der Waals surface area contributed by atoms with E-state index in [4.69, 9.17) is 16.3 Å². The molecule has 0 saturated carbocycles. The van der Waals surface area contributed by atoms with Crippen molar-refractivity contribution in [3.05, 3.63) is 65.2 Å². The summed E-state index contributed by atoms with van der Waals surface area (Å²) in [6.07, 6.45) is 0.231. The van der Waals surface area contributed by atoms with Crippen LogP contribution in [0.1, 0.15) is 24.8 Å². The van der Waals surface area contributed by atoms with Crippen LogP contribution in [0.25, 0.3) is 0 Å². The number of nitrogens with one attached hydrogen (secondary N) is 1. The van der Waals surface area contributed by atoms with E-state index >= 15 is 0 Å². The molecule has 0 bridgehead atoms. The first-order chi connectivity index (χ1) is 11.0. The first-order valence-electron chi connectivity index (χ1n) is 7.30. The van der Waals surface area contributed by atoms with Crippen LogP contribution in [0, 0.1) is 0 Å². The number of anilines is 1. The second kappa shape index (κ2) is 8.34. The molecule has 1 atom stereocenters. The molecule has 1 amide bonds. The molecule has 4 nitrogen and oxygen atoms in total. The number of carbonyl (C=O) groups is 2. The van der Waals surface area contributed by atoms with Gasteiger partial charge in [0.05, 0.1) is 6.42 Å². The molecule has 0 spiro atoms. The lowest BCUT2D eigenvalue weighted by molar-refractivity contribution is -0.147. The highest BCUT2D eigenvalue weighted by Crippen LogP contribution is 2.19. The van der Waals surface area contributed by atoms with E-state index in [9.17, 15) is 9.59 Å². The number of hydrogen-bond acceptors (Lipinski definition) is 3. The Morgan fingerprint density at radius 3 is 2.57 bits per heavy atom. The molecule has 0 radical (unpaired) electrons. The first-order valence-corrected chi connectivity index (χ1v) is 7.68. The smallest absolute Gasteiger partial charge is 0.306 e. The van der Waals surface area contributed by atoms with Crippen LogP contribution < -0.4 is 5.32 Å². The molecule has 0 aromatic heterocycles. The molecule has 1 N–H and O–H groups in total. The summed E-state index contributed by atoms with van der Waals surface area (Å²) in [7, 11) is 0. The summed E-state index contributed by atoms with van der Waals surface area (Å²) >= 11 is 5.83. The van der Waals surface area contributed by atoms with E-state index in [1.165, 1.54) is 0 Å². The predicted molar refractivity (Wildman–Crippen MR) is 90.5 cm³/mol. The summed E-state index contributed by atoms with van der Waals surface area (Å²) in [6, 6.07) is 16.5. The Hall–Kier alpha value is -2.33. The molecule has 0 heterocycles. The van der Waals surface area contributed by atoms with Gasteiger partial charge in [0, 0.05) is 10.7 Å². The largest absolute Gasteiger partial charge is 0.456 e. The maximum Gasteiger partial charge on any atom is 0.306 e. The summed E-state index contributed by atoms with van der Waals surface area (Å²) in [5.41, 5.74) is 1.63. The maximum atomic E-state index is 11.8. The van der Waals surface area contributed by atoms with E-state index in [-0.39, 0.29) is 18.9 Å². The summed E-state index contributed by atoms with van der Waals surface area (Å²) in [5, 5.41) is 3.15. The fraction of sp³-hybridized carbons (Fsp3) is 0.222. The predicted octanol–water partition coefficient (Wildman–Crippen LogP) is 4.02. The highest BCUT2D eigenvalue weighted by atomic mass is 35.5. The van der Waals surface area contributed by atoms with E-state index in [2.05, 4.69) is 5.32 Å². The van der Waals surface area contributed by atoms with E-state index < -0.39 is 11.9 Å². The number of ether oxygens (including phenoxy) is 1. The van der Waals surface area contributed by atoms with E-state index in [0.29, 0.717) is 10.7 Å². The average molecular weight is 332 g/mol. The van der Waals surface area contributed by atoms with Gasteiger partial charge in [0.1, 0.15) is 0 Å². The molecular formula is C18H18ClNO3. The zero-order valence-corrected chi connectivity index (χ0v) is 13.5. The Balaban J connectivity index is 1.76. The van der Waals surface area contributed by atoms with Crippen molar-refractivity contribution in [1.82, 2.24) is 0 Å². The molecule has 120 valence electrons. The molecule has 23 heavy (non-hydrogen) atoms. The fourth-order valence-corrected chi connectivity index (χ4v) is 2.31. The number of rotatable bonds is 6. The lowest BCUT2D eigenvalue weighted by atomic mass is 9.98. The van der Waals surface area contributed by atoms with Crippen molar-refractivity contribution in [3.8, 4) is 0 Å². The number of esters is 1. The number of hydrogen-bond donors (Lipinski definition) is 1. The van der Waals surface area contributed by atoms with Gasteiger partial charge >= 0.3 is 5.97 Å². The summed E-state index contributed by atoms with van der Waals surface area (Å²) in [6.45, 7) is 1.63. The van der Waals surface area contributed by atoms with Crippen LogP contribution in [0.3, 0.4) is 0 Å². The van der Waals surface area contributed by atoms with Gasteiger partial charge in [0.15, 0.2) is 6.61 Å². The second-order valence-corrected chi connectivity index (χ2v) is 5.67. The van der Waals surface area contributed by atoms with Crippen molar-refractivity contribution in [2.45, 2.75) is 19.3 Å². The van der Waals surface area contributed by atoms with Crippen LogP contribution in [-0.4, -0.2) is 18.5 Å². The molecular weight excluding hydrogens is 314 g/mol. The first kappa shape index (κ1) is 17.0. The second-order valence-electron chi connectivity index (χ2n) is 5.24. The Kier molecular flexibility index (Phi) is 6.18. The van der Waals surface area contributed by atoms with E-state index in [1.807, 2.05) is 37.3 Å². The van der Waals surface area contributed by atoms with Crippen LogP contribution >= 0.6 is 11.6 Å². The zero-order chi connectivity index (χ0) is 16.7. The molecule has 2 aromatic carbocycles. The quantitative estimate of drug-likeness (QED) is 0.813. The highest BCUT2D eigenvalue weighted by Gasteiger charge is 2.13. The van der Waals surface area contributed by atoms with Crippen molar-refractivity contribution < 1.29 is 14.3 Å². The van der Waals surface area contributed by atoms with Gasteiger partial charge in [-0.25, -0.2) is 0 Å². The molecule has 2 rings (SSSR count). The normalized spacial score (nSPS) is 11.6. The topological polar surface area (TPSA) is 55.4 Å². The van der Waals surface area contributed by atoms with Crippen molar-refractivity contribution in [3.63, 3.8) is 0 Å². The van der Waals surface area contributed by atoms with Gasteiger partial charge in [-0.15, -0.1) is 0 Å². The molecule has 0 saturated heterocycles. The minimum atomic E-state index is -0.400. The molecule has 0 unspecified atom stereocenters. The Morgan fingerprint density at radius 2 is 1.87 bits per heavy atom. The fourth-order valence-electron chi connectivity index (χ4n) is 2.12. The van der Waals surface area contributed by atoms with E-state index in [0.717, 1.165) is 5.56 Å². The summed E-state index contributed by atoms with van der Waals surface area (Å²) in [5.74, 6) is -0.754. The van der Waals surface area contributed by atoms with Gasteiger partial charge in [-0.3, -0.25) is 9.59 Å². The molecule has 0 fully saturated rings. The average Bonchev–Trinajstić information content (AvgIpc) is 2.54. The van der Waals surface area contributed by atoms with E-state index in [1.54, 1.807) is 24.3 Å². The third kappa shape index (κ3) is 5.75. The third-order valence-electron chi connectivity index (χ3n) is 3.31. The Labute approximate surface area is 140 Å². The Bertz CT molecular complexity index is 673. The monoisotopic (exact) mass is 331 g/mol. The third-order valence-corrected chi connectivity index (χ3v) is 3.55. The standard InChI is InChI=1S/C18H18ClNO3/c1-13(14-6-3-2-4-7-14)10-18(22)23-12-17(21)20-16-9-5-8-15(19)11-16/h2-9,11,13H,10,12H2,1H3,(H,20,21)/t13-/m0/s1. The van der Waals surface area contributed by atoms with Crippen LogP contribution in [0.4, 0.5) is 5.69 Å². The van der Waals surface area contributed by atoms with Gasteiger partial charge < -0.3 is 10.1 Å². The molecule has 0 aliphatic rings. The van der Waals surface area contributed by atoms with Crippen LogP contribution in [0.5, 0.6) is 0 Å². The minimum absolute atomic E-state index is 0.0414. The van der Waals surface area contributed by atoms with Crippen LogP contribution in [-0.2, 0) is 14.3 Å². The minimum Gasteiger partial charge on any atom is -0.456 e. The highest BCUT2D eigenvalue weighted by molar-refractivity contribution is 6.30. The lowest BCUT2D eigenvalue weighted by Crippen LogP contribution is -2.21. The van der Waals surface area contributed by atoms with Gasteiger partial charge in [0.25, 0.3) is 5.91 Å². The van der Waals surface area contributed by atoms with Crippen LogP contribution in [0.15, 0.2) is 54.6 Å².